The van der Waals surface area contributed by atoms with Crippen LogP contribution in [0.2, 0.25) is 0 Å². The first-order valence-electron chi connectivity index (χ1n) is 10.7. The minimum Gasteiger partial charge on any atom is -0.394 e. The molecular weight excluding hydrogens is 390 g/mol. The van der Waals surface area contributed by atoms with E-state index < -0.39 is 28.7 Å². The van der Waals surface area contributed by atoms with Gasteiger partial charge in [0, 0.05) is 18.3 Å². The van der Waals surface area contributed by atoms with Crippen LogP contribution < -0.4 is 10.6 Å². The average molecular weight is 426 g/mol. The van der Waals surface area contributed by atoms with Crippen molar-refractivity contribution in [2.24, 2.45) is 23.7 Å². The van der Waals surface area contributed by atoms with Gasteiger partial charge in [0.25, 0.3) is 0 Å². The Morgan fingerprint density at radius 1 is 1.28 bits per heavy atom. The summed E-state index contributed by atoms with van der Waals surface area (Å²) in [6.07, 6.45) is 1.43. The van der Waals surface area contributed by atoms with Crippen molar-refractivity contribution in [1.82, 2.24) is 15.5 Å². The first-order chi connectivity index (χ1) is 13.6. The summed E-state index contributed by atoms with van der Waals surface area (Å²) in [5.74, 6) is -0.985. The van der Waals surface area contributed by atoms with Gasteiger partial charge in [-0.2, -0.15) is 0 Å². The number of rotatable bonds is 7. The fourth-order valence-corrected chi connectivity index (χ4v) is 8.21. The summed E-state index contributed by atoms with van der Waals surface area (Å²) in [5.41, 5.74) is 0. The molecule has 8 heteroatoms. The Hall–Kier alpha value is -1.28. The SMILES string of the molecule is CNC(=O)[C@@H]1[C@@H]2CC(C)C3(S2)C(C(=O)NC(C)C)N([C@@H](CO)CC(C)C)C(=O)[C@H]13. The predicted octanol–water partition coefficient (Wildman–Crippen LogP) is 1.00. The minimum absolute atomic E-state index is 0.0491. The molecule has 3 aliphatic rings. The largest absolute Gasteiger partial charge is 0.394 e. The van der Waals surface area contributed by atoms with Gasteiger partial charge in [-0.05, 0) is 38.5 Å². The summed E-state index contributed by atoms with van der Waals surface area (Å²) in [5, 5.41) is 15.9. The normalized spacial score (nSPS) is 36.7. The molecule has 0 aromatic carbocycles. The smallest absolute Gasteiger partial charge is 0.244 e. The van der Waals surface area contributed by atoms with Gasteiger partial charge in [-0.25, -0.2) is 0 Å². The van der Waals surface area contributed by atoms with Crippen LogP contribution in [0.4, 0.5) is 0 Å². The standard InChI is InChI=1S/C21H35N3O4S/c1-10(2)7-13(9-25)24-17(19(27)23-11(3)4)21-12(5)8-14(29-21)15(18(26)22-6)16(21)20(24)28/h10-17,25H,7-9H2,1-6H3,(H,22,26)(H,23,27)/t12?,13-,14+,15-,16+,17?,21?/m1/s1. The fourth-order valence-electron chi connectivity index (χ4n) is 5.80. The van der Waals surface area contributed by atoms with Crippen LogP contribution in [-0.2, 0) is 14.4 Å². The predicted molar refractivity (Wildman–Crippen MR) is 113 cm³/mol. The molecule has 3 rings (SSSR count). The molecule has 0 aliphatic carbocycles. The highest BCUT2D eigenvalue weighted by Gasteiger charge is 2.76. The van der Waals surface area contributed by atoms with Crippen molar-refractivity contribution in [2.45, 2.75) is 75.6 Å². The molecule has 1 spiro atoms. The van der Waals surface area contributed by atoms with E-state index >= 15 is 0 Å². The topological polar surface area (TPSA) is 98.7 Å². The number of thioether (sulfide) groups is 1. The highest BCUT2D eigenvalue weighted by Crippen LogP contribution is 2.68. The van der Waals surface area contributed by atoms with Gasteiger partial charge in [0.05, 0.1) is 29.2 Å². The van der Waals surface area contributed by atoms with E-state index in [1.54, 1.807) is 23.7 Å². The quantitative estimate of drug-likeness (QED) is 0.565. The Kier molecular flexibility index (Phi) is 6.26. The summed E-state index contributed by atoms with van der Waals surface area (Å²) < 4.78 is -0.623. The molecule has 3 N–H and O–H groups in total. The molecule has 29 heavy (non-hydrogen) atoms. The van der Waals surface area contributed by atoms with Crippen molar-refractivity contribution in [2.75, 3.05) is 13.7 Å². The first kappa shape index (κ1) is 22.4. The molecule has 3 unspecified atom stereocenters. The average Bonchev–Trinajstić information content (AvgIpc) is 3.22. The fraction of sp³-hybridized carbons (Fsp3) is 0.857. The van der Waals surface area contributed by atoms with Crippen molar-refractivity contribution in [3.8, 4) is 0 Å². The number of nitrogens with one attached hydrogen (secondary N) is 2. The summed E-state index contributed by atoms with van der Waals surface area (Å²) >= 11 is 1.66. The van der Waals surface area contributed by atoms with E-state index in [1.807, 2.05) is 27.7 Å². The number of aliphatic hydroxyl groups is 1. The third-order valence-corrected chi connectivity index (χ3v) is 8.84. The van der Waals surface area contributed by atoms with Gasteiger partial charge in [0.1, 0.15) is 6.04 Å². The van der Waals surface area contributed by atoms with Crippen LogP contribution in [0.5, 0.6) is 0 Å². The van der Waals surface area contributed by atoms with Crippen LogP contribution in [0.3, 0.4) is 0 Å². The van der Waals surface area contributed by atoms with Gasteiger partial charge in [-0.15, -0.1) is 11.8 Å². The lowest BCUT2D eigenvalue weighted by Crippen LogP contribution is -2.59. The van der Waals surface area contributed by atoms with Gasteiger partial charge >= 0.3 is 0 Å². The maximum absolute atomic E-state index is 13.8. The number of carbonyl (C=O) groups is 3. The van der Waals surface area contributed by atoms with Crippen molar-refractivity contribution >= 4 is 29.5 Å². The van der Waals surface area contributed by atoms with Crippen LogP contribution in [0.25, 0.3) is 0 Å². The molecule has 0 saturated carbocycles. The summed E-state index contributed by atoms with van der Waals surface area (Å²) in [6.45, 7) is 9.81. The summed E-state index contributed by atoms with van der Waals surface area (Å²) in [6, 6.07) is -1.15. The molecule has 7 nitrogen and oxygen atoms in total. The Labute approximate surface area is 177 Å². The second kappa shape index (κ2) is 8.10. The monoisotopic (exact) mass is 425 g/mol. The molecule has 3 heterocycles. The van der Waals surface area contributed by atoms with Crippen LogP contribution in [0.1, 0.15) is 47.5 Å². The van der Waals surface area contributed by atoms with Gasteiger partial charge < -0.3 is 20.6 Å². The second-order valence-corrected chi connectivity index (χ2v) is 11.1. The number of nitrogens with zero attached hydrogens (tertiary/aromatic N) is 1. The van der Waals surface area contributed by atoms with E-state index in [1.165, 1.54) is 0 Å². The number of likely N-dealkylation sites (tertiary alicyclic amines) is 1. The van der Waals surface area contributed by atoms with E-state index in [4.69, 9.17) is 0 Å². The summed E-state index contributed by atoms with van der Waals surface area (Å²) in [7, 11) is 1.60. The minimum atomic E-state index is -0.669. The molecule has 3 amide bonds. The van der Waals surface area contributed by atoms with Gasteiger partial charge in [0.2, 0.25) is 17.7 Å². The van der Waals surface area contributed by atoms with Crippen molar-refractivity contribution in [3.63, 3.8) is 0 Å². The molecule has 164 valence electrons. The Bertz CT molecular complexity index is 685. The first-order valence-corrected chi connectivity index (χ1v) is 11.6. The number of amides is 3. The lowest BCUT2D eigenvalue weighted by Gasteiger charge is -2.40. The molecule has 0 aromatic rings. The lowest BCUT2D eigenvalue weighted by atomic mass is 9.66. The number of hydrogen-bond donors (Lipinski definition) is 3. The molecule has 0 aromatic heterocycles. The van der Waals surface area contributed by atoms with Crippen molar-refractivity contribution in [1.29, 1.82) is 0 Å². The summed E-state index contributed by atoms with van der Waals surface area (Å²) in [4.78, 5) is 41.6. The lowest BCUT2D eigenvalue weighted by molar-refractivity contribution is -0.143. The molecular formula is C21H35N3O4S. The molecule has 3 saturated heterocycles. The zero-order valence-corrected chi connectivity index (χ0v) is 19.1. The number of aliphatic hydroxyl groups excluding tert-OH is 1. The van der Waals surface area contributed by atoms with Crippen molar-refractivity contribution in [3.05, 3.63) is 0 Å². The maximum Gasteiger partial charge on any atom is 0.244 e. The van der Waals surface area contributed by atoms with E-state index in [9.17, 15) is 19.5 Å². The Morgan fingerprint density at radius 3 is 2.45 bits per heavy atom. The zero-order chi connectivity index (χ0) is 21.7. The highest BCUT2D eigenvalue weighted by atomic mass is 32.2. The van der Waals surface area contributed by atoms with E-state index in [2.05, 4.69) is 17.6 Å². The van der Waals surface area contributed by atoms with E-state index in [0.717, 1.165) is 6.42 Å². The van der Waals surface area contributed by atoms with Crippen LogP contribution in [0, 0.1) is 23.7 Å². The van der Waals surface area contributed by atoms with E-state index in [-0.39, 0.29) is 47.5 Å². The molecule has 2 bridgehead atoms. The van der Waals surface area contributed by atoms with Crippen molar-refractivity contribution < 1.29 is 19.5 Å². The number of carbonyl (C=O) groups excluding carboxylic acids is 3. The molecule has 7 atom stereocenters. The third kappa shape index (κ3) is 3.36. The molecule has 0 radical (unpaired) electrons. The Morgan fingerprint density at radius 2 is 1.93 bits per heavy atom. The van der Waals surface area contributed by atoms with Gasteiger partial charge in [-0.3, -0.25) is 14.4 Å². The maximum atomic E-state index is 13.8. The Balaban J connectivity index is 2.10. The molecule has 3 fully saturated rings. The van der Waals surface area contributed by atoms with Crippen LogP contribution in [-0.4, -0.2) is 69.5 Å². The highest BCUT2D eigenvalue weighted by molar-refractivity contribution is 8.02. The number of fused-ring (bicyclic) bond motifs is 1. The van der Waals surface area contributed by atoms with Crippen LogP contribution >= 0.6 is 11.8 Å². The van der Waals surface area contributed by atoms with E-state index in [0.29, 0.717) is 6.42 Å². The number of hydrogen-bond acceptors (Lipinski definition) is 5. The second-order valence-electron chi connectivity index (χ2n) is 9.54. The zero-order valence-electron chi connectivity index (χ0n) is 18.3. The van der Waals surface area contributed by atoms with Gasteiger partial charge in [0.15, 0.2) is 0 Å². The van der Waals surface area contributed by atoms with Gasteiger partial charge in [-0.1, -0.05) is 20.8 Å². The van der Waals surface area contributed by atoms with Crippen LogP contribution in [0.15, 0.2) is 0 Å². The third-order valence-electron chi connectivity index (χ3n) is 6.76. The molecule has 3 aliphatic heterocycles.